The summed E-state index contributed by atoms with van der Waals surface area (Å²) in [6, 6.07) is 1.70. The van der Waals surface area contributed by atoms with E-state index in [1.807, 2.05) is 0 Å². The highest BCUT2D eigenvalue weighted by molar-refractivity contribution is 5.43. The Balaban J connectivity index is 1.83. The summed E-state index contributed by atoms with van der Waals surface area (Å²) in [6.07, 6.45) is 5.77. The van der Waals surface area contributed by atoms with Gasteiger partial charge >= 0.3 is 0 Å². The summed E-state index contributed by atoms with van der Waals surface area (Å²) in [5.41, 5.74) is 6.61. The standard InChI is InChI=1S/C9H12N6/c10-8-3-9(15-6-14-8)12-2-1-7-4-11-5-13-7/h3-6H,1-2H2,(H,11,13)(H3,10,12,14,15). The van der Waals surface area contributed by atoms with E-state index in [-0.39, 0.29) is 0 Å². The fourth-order valence-electron chi connectivity index (χ4n) is 1.22. The Morgan fingerprint density at radius 2 is 2.33 bits per heavy atom. The smallest absolute Gasteiger partial charge is 0.131 e. The molecule has 0 aliphatic rings. The van der Waals surface area contributed by atoms with Gasteiger partial charge in [0.15, 0.2) is 0 Å². The van der Waals surface area contributed by atoms with Gasteiger partial charge in [-0.05, 0) is 0 Å². The van der Waals surface area contributed by atoms with Crippen LogP contribution >= 0.6 is 0 Å². The van der Waals surface area contributed by atoms with Crippen LogP contribution in [0.5, 0.6) is 0 Å². The first-order valence-electron chi connectivity index (χ1n) is 4.63. The van der Waals surface area contributed by atoms with E-state index in [1.165, 1.54) is 6.33 Å². The Bertz CT molecular complexity index is 410. The van der Waals surface area contributed by atoms with Crippen molar-refractivity contribution in [1.82, 2.24) is 19.9 Å². The zero-order valence-corrected chi connectivity index (χ0v) is 8.14. The van der Waals surface area contributed by atoms with E-state index in [0.717, 1.165) is 24.5 Å². The number of H-pyrrole nitrogens is 1. The molecular weight excluding hydrogens is 192 g/mol. The molecule has 0 radical (unpaired) electrons. The number of nitrogens with zero attached hydrogens (tertiary/aromatic N) is 3. The fourth-order valence-corrected chi connectivity index (χ4v) is 1.22. The van der Waals surface area contributed by atoms with Gasteiger partial charge in [0.2, 0.25) is 0 Å². The molecule has 0 spiro atoms. The van der Waals surface area contributed by atoms with Gasteiger partial charge in [-0.2, -0.15) is 0 Å². The molecule has 0 aliphatic carbocycles. The molecule has 0 unspecified atom stereocenters. The minimum Gasteiger partial charge on any atom is -0.384 e. The fraction of sp³-hybridized carbons (Fsp3) is 0.222. The number of rotatable bonds is 4. The molecule has 0 saturated carbocycles. The molecular formula is C9H12N6. The first-order valence-corrected chi connectivity index (χ1v) is 4.63. The highest BCUT2D eigenvalue weighted by Gasteiger charge is 1.96. The lowest BCUT2D eigenvalue weighted by Crippen LogP contribution is -2.07. The molecule has 0 aliphatic heterocycles. The maximum atomic E-state index is 5.52. The van der Waals surface area contributed by atoms with Crippen molar-refractivity contribution in [3.8, 4) is 0 Å². The maximum absolute atomic E-state index is 5.52. The Morgan fingerprint density at radius 1 is 1.40 bits per heavy atom. The maximum Gasteiger partial charge on any atom is 0.131 e. The molecule has 2 heterocycles. The SMILES string of the molecule is Nc1cc(NCCc2cnc[nH]2)ncn1. The van der Waals surface area contributed by atoms with E-state index in [2.05, 4.69) is 25.3 Å². The average molecular weight is 204 g/mol. The van der Waals surface area contributed by atoms with Crippen LogP contribution < -0.4 is 11.1 Å². The summed E-state index contributed by atoms with van der Waals surface area (Å²) in [7, 11) is 0. The quantitative estimate of drug-likeness (QED) is 0.671. The molecule has 2 aromatic rings. The summed E-state index contributed by atoms with van der Waals surface area (Å²) < 4.78 is 0. The number of aromatic nitrogens is 4. The number of anilines is 2. The molecule has 0 aromatic carbocycles. The number of aromatic amines is 1. The summed E-state index contributed by atoms with van der Waals surface area (Å²) >= 11 is 0. The zero-order valence-electron chi connectivity index (χ0n) is 8.14. The van der Waals surface area contributed by atoms with Gasteiger partial charge in [0.05, 0.1) is 6.33 Å². The van der Waals surface area contributed by atoms with Crippen LogP contribution in [0, 0.1) is 0 Å². The Hall–Kier alpha value is -2.11. The topological polar surface area (TPSA) is 92.5 Å². The van der Waals surface area contributed by atoms with Crippen molar-refractivity contribution in [2.75, 3.05) is 17.6 Å². The Morgan fingerprint density at radius 3 is 3.07 bits per heavy atom. The normalized spacial score (nSPS) is 10.1. The largest absolute Gasteiger partial charge is 0.384 e. The van der Waals surface area contributed by atoms with E-state index in [4.69, 9.17) is 5.73 Å². The van der Waals surface area contributed by atoms with Crippen molar-refractivity contribution < 1.29 is 0 Å². The van der Waals surface area contributed by atoms with Crippen LogP contribution in [0.3, 0.4) is 0 Å². The third-order valence-electron chi connectivity index (χ3n) is 1.94. The second kappa shape index (κ2) is 4.41. The van der Waals surface area contributed by atoms with Gasteiger partial charge in [-0.1, -0.05) is 0 Å². The van der Waals surface area contributed by atoms with Crippen molar-refractivity contribution in [3.63, 3.8) is 0 Å². The lowest BCUT2D eigenvalue weighted by atomic mass is 10.3. The average Bonchev–Trinajstić information content (AvgIpc) is 2.71. The van der Waals surface area contributed by atoms with Gasteiger partial charge in [-0.15, -0.1) is 0 Å². The van der Waals surface area contributed by atoms with E-state index in [1.54, 1.807) is 18.6 Å². The number of nitrogen functional groups attached to an aromatic ring is 1. The van der Waals surface area contributed by atoms with Crippen molar-refractivity contribution in [1.29, 1.82) is 0 Å². The minimum absolute atomic E-state index is 0.467. The predicted octanol–water partition coefficient (Wildman–Crippen LogP) is 0.436. The highest BCUT2D eigenvalue weighted by Crippen LogP contribution is 2.04. The van der Waals surface area contributed by atoms with Crippen LogP contribution in [-0.2, 0) is 6.42 Å². The van der Waals surface area contributed by atoms with Gasteiger partial charge in [0, 0.05) is 30.9 Å². The molecule has 15 heavy (non-hydrogen) atoms. The monoisotopic (exact) mass is 204 g/mol. The Labute approximate surface area is 87.0 Å². The van der Waals surface area contributed by atoms with E-state index < -0.39 is 0 Å². The number of hydrogen-bond acceptors (Lipinski definition) is 5. The first kappa shape index (κ1) is 9.45. The van der Waals surface area contributed by atoms with Gasteiger partial charge in [0.25, 0.3) is 0 Å². The second-order valence-corrected chi connectivity index (χ2v) is 3.08. The molecule has 0 bridgehead atoms. The lowest BCUT2D eigenvalue weighted by Gasteiger charge is -2.03. The Kier molecular flexibility index (Phi) is 2.77. The third-order valence-corrected chi connectivity index (χ3v) is 1.94. The van der Waals surface area contributed by atoms with Gasteiger partial charge < -0.3 is 16.0 Å². The summed E-state index contributed by atoms with van der Waals surface area (Å²) in [5.74, 6) is 1.20. The molecule has 0 amide bonds. The summed E-state index contributed by atoms with van der Waals surface area (Å²) in [4.78, 5) is 14.8. The lowest BCUT2D eigenvalue weighted by molar-refractivity contribution is 0.965. The number of nitrogens with one attached hydrogen (secondary N) is 2. The third kappa shape index (κ3) is 2.67. The molecule has 0 fully saturated rings. The minimum atomic E-state index is 0.467. The number of imidazole rings is 1. The molecule has 78 valence electrons. The zero-order chi connectivity index (χ0) is 10.5. The van der Waals surface area contributed by atoms with E-state index in [0.29, 0.717) is 5.82 Å². The molecule has 0 saturated heterocycles. The molecule has 4 N–H and O–H groups in total. The van der Waals surface area contributed by atoms with Crippen LogP contribution in [0.1, 0.15) is 5.69 Å². The van der Waals surface area contributed by atoms with Crippen LogP contribution in [-0.4, -0.2) is 26.5 Å². The number of hydrogen-bond donors (Lipinski definition) is 3. The highest BCUT2D eigenvalue weighted by atomic mass is 15.0. The molecule has 2 aromatic heterocycles. The van der Waals surface area contributed by atoms with Crippen LogP contribution in [0.15, 0.2) is 24.9 Å². The summed E-state index contributed by atoms with van der Waals surface area (Å²) in [6.45, 7) is 0.776. The predicted molar refractivity (Wildman–Crippen MR) is 57.2 cm³/mol. The first-order chi connectivity index (χ1) is 7.34. The summed E-state index contributed by atoms with van der Waals surface area (Å²) in [5, 5.41) is 3.14. The van der Waals surface area contributed by atoms with Crippen molar-refractivity contribution in [2.24, 2.45) is 0 Å². The molecule has 6 heteroatoms. The van der Waals surface area contributed by atoms with E-state index in [9.17, 15) is 0 Å². The van der Waals surface area contributed by atoms with Gasteiger partial charge in [0.1, 0.15) is 18.0 Å². The van der Waals surface area contributed by atoms with Crippen molar-refractivity contribution >= 4 is 11.6 Å². The molecule has 0 atom stereocenters. The number of nitrogens with two attached hydrogens (primary N) is 1. The van der Waals surface area contributed by atoms with Crippen LogP contribution in [0.4, 0.5) is 11.6 Å². The van der Waals surface area contributed by atoms with Gasteiger partial charge in [-0.3, -0.25) is 0 Å². The van der Waals surface area contributed by atoms with Gasteiger partial charge in [-0.25, -0.2) is 15.0 Å². The molecule has 6 nitrogen and oxygen atoms in total. The van der Waals surface area contributed by atoms with Crippen molar-refractivity contribution in [2.45, 2.75) is 6.42 Å². The van der Waals surface area contributed by atoms with Crippen molar-refractivity contribution in [3.05, 3.63) is 30.6 Å². The second-order valence-electron chi connectivity index (χ2n) is 3.08. The molecule has 2 rings (SSSR count). The van der Waals surface area contributed by atoms with Crippen LogP contribution in [0.2, 0.25) is 0 Å². The van der Waals surface area contributed by atoms with E-state index >= 15 is 0 Å². The van der Waals surface area contributed by atoms with Crippen LogP contribution in [0.25, 0.3) is 0 Å².